The van der Waals surface area contributed by atoms with Crippen molar-refractivity contribution in [2.45, 2.75) is 52.1 Å². The number of rotatable bonds is 2. The van der Waals surface area contributed by atoms with E-state index in [1.54, 1.807) is 12.4 Å². The van der Waals surface area contributed by atoms with Crippen LogP contribution in [0.4, 0.5) is 0 Å². The fourth-order valence-electron chi connectivity index (χ4n) is 4.19. The summed E-state index contributed by atoms with van der Waals surface area (Å²) in [7, 11) is 0. The normalized spacial score (nSPS) is 20.0. The minimum atomic E-state index is 0.109. The van der Waals surface area contributed by atoms with Crippen LogP contribution in [0.1, 0.15) is 49.0 Å². The van der Waals surface area contributed by atoms with Crippen LogP contribution >= 0.6 is 0 Å². The van der Waals surface area contributed by atoms with Crippen LogP contribution in [0.5, 0.6) is 0 Å². The molecule has 2 atom stereocenters. The molecule has 0 saturated carbocycles. The average Bonchev–Trinajstić information content (AvgIpc) is 2.68. The van der Waals surface area contributed by atoms with Crippen molar-refractivity contribution in [2.24, 2.45) is 0 Å². The zero-order valence-corrected chi connectivity index (χ0v) is 16.1. The lowest BCUT2D eigenvalue weighted by molar-refractivity contribution is 0.0513. The highest BCUT2D eigenvalue weighted by Gasteiger charge is 2.31. The molecule has 138 valence electrons. The summed E-state index contributed by atoms with van der Waals surface area (Å²) in [5.41, 5.74) is 4.43. The van der Waals surface area contributed by atoms with Crippen molar-refractivity contribution in [2.75, 3.05) is 0 Å². The van der Waals surface area contributed by atoms with Crippen LogP contribution in [-0.4, -0.2) is 32.9 Å². The Balaban J connectivity index is 1.91. The number of carbonyl (C=O) groups is 1. The molecule has 1 fully saturated rings. The second-order valence-electron chi connectivity index (χ2n) is 7.61. The molecule has 1 saturated heterocycles. The van der Waals surface area contributed by atoms with Gasteiger partial charge in [0.15, 0.2) is 0 Å². The van der Waals surface area contributed by atoms with E-state index >= 15 is 0 Å². The molecule has 1 aromatic carbocycles. The first-order valence-corrected chi connectivity index (χ1v) is 9.69. The number of aromatic nitrogens is 2. The van der Waals surface area contributed by atoms with Crippen LogP contribution in [0.25, 0.3) is 22.2 Å². The molecule has 1 aliphatic heterocycles. The Hall–Kier alpha value is -2.75. The molecule has 3 heterocycles. The lowest BCUT2D eigenvalue weighted by atomic mass is 9.95. The topological polar surface area (TPSA) is 46.1 Å². The highest BCUT2D eigenvalue weighted by atomic mass is 16.2. The molecule has 4 heteroatoms. The van der Waals surface area contributed by atoms with E-state index in [1.807, 2.05) is 43.3 Å². The molecular formula is C23H25N3O. The number of aryl methyl sites for hydroxylation is 1. The number of carbonyl (C=O) groups excluding carboxylic acids is 1. The number of amides is 1. The van der Waals surface area contributed by atoms with Gasteiger partial charge in [-0.05, 0) is 63.8 Å². The zero-order chi connectivity index (χ0) is 19.0. The number of fused-ring (bicyclic) bond motifs is 1. The first-order chi connectivity index (χ1) is 13.1. The third kappa shape index (κ3) is 3.20. The maximum absolute atomic E-state index is 13.6. The van der Waals surface area contributed by atoms with Crippen molar-refractivity contribution in [1.82, 2.24) is 14.9 Å². The van der Waals surface area contributed by atoms with E-state index in [9.17, 15) is 4.79 Å². The van der Waals surface area contributed by atoms with Crippen molar-refractivity contribution in [3.8, 4) is 11.3 Å². The summed E-state index contributed by atoms with van der Waals surface area (Å²) >= 11 is 0. The molecule has 1 aliphatic rings. The van der Waals surface area contributed by atoms with Gasteiger partial charge in [0.05, 0.1) is 16.8 Å². The Morgan fingerprint density at radius 2 is 1.89 bits per heavy atom. The Bertz CT molecular complexity index is 974. The number of likely N-dealkylation sites (tertiary alicyclic amines) is 1. The van der Waals surface area contributed by atoms with E-state index in [1.165, 1.54) is 6.42 Å². The van der Waals surface area contributed by atoms with E-state index in [4.69, 9.17) is 4.98 Å². The molecule has 4 rings (SSSR count). The molecule has 0 aliphatic carbocycles. The van der Waals surface area contributed by atoms with Crippen LogP contribution in [-0.2, 0) is 0 Å². The number of pyridine rings is 2. The minimum absolute atomic E-state index is 0.109. The first-order valence-electron chi connectivity index (χ1n) is 9.69. The molecule has 1 amide bonds. The maximum atomic E-state index is 13.6. The van der Waals surface area contributed by atoms with Gasteiger partial charge in [-0.25, -0.2) is 4.98 Å². The van der Waals surface area contributed by atoms with E-state index < -0.39 is 0 Å². The Labute approximate surface area is 160 Å². The number of nitrogens with zero attached hydrogens (tertiary/aromatic N) is 3. The highest BCUT2D eigenvalue weighted by Crippen LogP contribution is 2.30. The smallest absolute Gasteiger partial charge is 0.255 e. The van der Waals surface area contributed by atoms with Gasteiger partial charge in [-0.3, -0.25) is 9.78 Å². The van der Waals surface area contributed by atoms with Crippen LogP contribution in [0.15, 0.2) is 48.8 Å². The van der Waals surface area contributed by atoms with E-state index in [-0.39, 0.29) is 18.0 Å². The molecule has 0 radical (unpaired) electrons. The Kier molecular flexibility index (Phi) is 4.65. The second-order valence-corrected chi connectivity index (χ2v) is 7.61. The van der Waals surface area contributed by atoms with Crippen molar-refractivity contribution in [3.05, 3.63) is 59.9 Å². The largest absolute Gasteiger partial charge is 0.333 e. The number of para-hydroxylation sites is 1. The van der Waals surface area contributed by atoms with Gasteiger partial charge in [0.25, 0.3) is 5.91 Å². The van der Waals surface area contributed by atoms with Crippen molar-refractivity contribution in [1.29, 1.82) is 0 Å². The summed E-state index contributed by atoms with van der Waals surface area (Å²) in [4.78, 5) is 24.8. The number of benzene rings is 1. The number of hydrogen-bond acceptors (Lipinski definition) is 3. The summed E-state index contributed by atoms with van der Waals surface area (Å²) in [6.07, 6.45) is 6.86. The SMILES string of the molecule is Cc1cccc2c(C(=O)N3[C@@H](C)CCC[C@@H]3C)cc(-c3cccnc3)nc12. The lowest BCUT2D eigenvalue weighted by Crippen LogP contribution is -2.47. The van der Waals surface area contributed by atoms with Crippen molar-refractivity contribution in [3.63, 3.8) is 0 Å². The third-order valence-electron chi connectivity index (χ3n) is 5.66. The quantitative estimate of drug-likeness (QED) is 0.646. The minimum Gasteiger partial charge on any atom is -0.333 e. The van der Waals surface area contributed by atoms with Crippen molar-refractivity contribution >= 4 is 16.8 Å². The molecule has 4 nitrogen and oxygen atoms in total. The lowest BCUT2D eigenvalue weighted by Gasteiger charge is -2.39. The van der Waals surface area contributed by atoms with E-state index in [0.29, 0.717) is 0 Å². The predicted molar refractivity (Wildman–Crippen MR) is 109 cm³/mol. The van der Waals surface area contributed by atoms with Crippen LogP contribution < -0.4 is 0 Å². The summed E-state index contributed by atoms with van der Waals surface area (Å²) in [5.74, 6) is 0.109. The fourth-order valence-corrected chi connectivity index (χ4v) is 4.19. The van der Waals surface area contributed by atoms with E-state index in [2.05, 4.69) is 23.7 Å². The van der Waals surface area contributed by atoms with Crippen molar-refractivity contribution < 1.29 is 4.79 Å². The van der Waals surface area contributed by atoms with Gasteiger partial charge in [0.2, 0.25) is 0 Å². The summed E-state index contributed by atoms with van der Waals surface area (Å²) in [6.45, 7) is 6.36. The summed E-state index contributed by atoms with van der Waals surface area (Å²) in [6, 6.07) is 12.4. The molecular weight excluding hydrogens is 334 g/mol. The Morgan fingerprint density at radius 1 is 1.11 bits per heavy atom. The van der Waals surface area contributed by atoms with Gasteiger partial charge >= 0.3 is 0 Å². The van der Waals surface area contributed by atoms with Crippen LogP contribution in [0.2, 0.25) is 0 Å². The van der Waals surface area contributed by atoms with Gasteiger partial charge in [-0.1, -0.05) is 18.2 Å². The molecule has 3 aromatic rings. The van der Waals surface area contributed by atoms with Gasteiger partial charge in [0.1, 0.15) is 0 Å². The van der Waals surface area contributed by atoms with Gasteiger partial charge in [-0.2, -0.15) is 0 Å². The zero-order valence-electron chi connectivity index (χ0n) is 16.1. The highest BCUT2D eigenvalue weighted by molar-refractivity contribution is 6.08. The van der Waals surface area contributed by atoms with Gasteiger partial charge < -0.3 is 4.90 Å². The van der Waals surface area contributed by atoms with E-state index in [0.717, 1.165) is 46.1 Å². The number of piperidine rings is 1. The van der Waals surface area contributed by atoms with Crippen LogP contribution in [0.3, 0.4) is 0 Å². The fraction of sp³-hybridized carbons (Fsp3) is 0.348. The molecule has 0 N–H and O–H groups in total. The standard InChI is InChI=1S/C23H25N3O/c1-15-7-4-11-19-20(23(27)26-16(2)8-5-9-17(26)3)13-21(25-22(15)19)18-10-6-12-24-14-18/h4,6-7,10-14,16-17H,5,8-9H2,1-3H3/t16-,17-/m0/s1. The van der Waals surface area contributed by atoms with Crippen LogP contribution in [0, 0.1) is 6.92 Å². The molecule has 2 aromatic heterocycles. The van der Waals surface area contributed by atoms with Gasteiger partial charge in [0, 0.05) is 35.4 Å². The molecule has 0 bridgehead atoms. The monoisotopic (exact) mass is 359 g/mol. The summed E-state index contributed by atoms with van der Waals surface area (Å²) in [5, 5.41) is 0.928. The molecule has 27 heavy (non-hydrogen) atoms. The first kappa shape index (κ1) is 17.7. The van der Waals surface area contributed by atoms with Gasteiger partial charge in [-0.15, -0.1) is 0 Å². The predicted octanol–water partition coefficient (Wildman–Crippen LogP) is 5.01. The third-order valence-corrected chi connectivity index (χ3v) is 5.66. The summed E-state index contributed by atoms with van der Waals surface area (Å²) < 4.78 is 0. The maximum Gasteiger partial charge on any atom is 0.255 e. The number of hydrogen-bond donors (Lipinski definition) is 0. The average molecular weight is 359 g/mol. The Morgan fingerprint density at radius 3 is 2.59 bits per heavy atom. The second kappa shape index (κ2) is 7.10. The molecule has 0 spiro atoms. The molecule has 0 unspecified atom stereocenters.